The molecule has 0 bridgehead atoms. The lowest BCUT2D eigenvalue weighted by Gasteiger charge is -2.26. The molecule has 106 valence electrons. The minimum Gasteiger partial charge on any atom is -0.398 e. The zero-order valence-electron chi connectivity index (χ0n) is 11.1. The van der Waals surface area contributed by atoms with Gasteiger partial charge in [0, 0.05) is 36.9 Å². The van der Waals surface area contributed by atoms with E-state index in [1.54, 1.807) is 6.20 Å². The molecule has 0 saturated carbocycles. The Morgan fingerprint density at radius 1 is 1.20 bits per heavy atom. The molecule has 1 saturated heterocycles. The van der Waals surface area contributed by atoms with Crippen LogP contribution in [-0.4, -0.2) is 42.9 Å². The van der Waals surface area contributed by atoms with Gasteiger partial charge in [-0.3, -0.25) is 9.88 Å². The van der Waals surface area contributed by atoms with E-state index < -0.39 is 9.84 Å². The van der Waals surface area contributed by atoms with Crippen molar-refractivity contribution in [2.75, 3.05) is 30.3 Å². The summed E-state index contributed by atoms with van der Waals surface area (Å²) in [5.74, 6) is 0.487. The first-order valence-electron chi connectivity index (χ1n) is 6.60. The van der Waals surface area contributed by atoms with E-state index >= 15 is 0 Å². The number of nitrogen functional groups attached to an aromatic ring is 1. The van der Waals surface area contributed by atoms with Crippen LogP contribution in [-0.2, 0) is 16.4 Å². The van der Waals surface area contributed by atoms with E-state index in [4.69, 9.17) is 5.73 Å². The van der Waals surface area contributed by atoms with Crippen molar-refractivity contribution in [1.29, 1.82) is 0 Å². The maximum Gasteiger partial charge on any atom is 0.152 e. The summed E-state index contributed by atoms with van der Waals surface area (Å²) >= 11 is 0. The van der Waals surface area contributed by atoms with Crippen molar-refractivity contribution in [1.82, 2.24) is 9.88 Å². The largest absolute Gasteiger partial charge is 0.398 e. The van der Waals surface area contributed by atoms with Crippen LogP contribution in [0.4, 0.5) is 5.69 Å². The van der Waals surface area contributed by atoms with Gasteiger partial charge in [0.25, 0.3) is 0 Å². The fraction of sp³-hybridized carbons (Fsp3) is 0.357. The molecular weight excluding hydrogens is 274 g/mol. The van der Waals surface area contributed by atoms with E-state index in [-0.39, 0.29) is 11.5 Å². The summed E-state index contributed by atoms with van der Waals surface area (Å²) in [6.45, 7) is 1.88. The minimum atomic E-state index is -2.83. The summed E-state index contributed by atoms with van der Waals surface area (Å²) in [6.07, 6.45) is 1.76. The van der Waals surface area contributed by atoms with Crippen LogP contribution < -0.4 is 5.73 Å². The highest BCUT2D eigenvalue weighted by Gasteiger charge is 2.22. The number of fused-ring (bicyclic) bond motifs is 1. The van der Waals surface area contributed by atoms with Gasteiger partial charge in [0.15, 0.2) is 9.84 Å². The van der Waals surface area contributed by atoms with Gasteiger partial charge in [-0.05, 0) is 23.8 Å². The Kier molecular flexibility index (Phi) is 3.35. The maximum absolute atomic E-state index is 11.5. The molecule has 0 radical (unpaired) electrons. The van der Waals surface area contributed by atoms with Crippen LogP contribution in [0, 0.1) is 0 Å². The molecule has 2 N–H and O–H groups in total. The molecular formula is C14H17N3O2S. The Labute approximate surface area is 118 Å². The highest BCUT2D eigenvalue weighted by molar-refractivity contribution is 7.91. The second kappa shape index (κ2) is 5.03. The standard InChI is InChI=1S/C14H17N3O2S/c15-13-4-3-11(14-12(13)2-1-5-16-14)10-17-6-8-20(18,19)9-7-17/h1-5H,6-10,15H2. The average molecular weight is 291 g/mol. The molecule has 1 aliphatic heterocycles. The number of hydrogen-bond acceptors (Lipinski definition) is 5. The van der Waals surface area contributed by atoms with E-state index in [1.807, 2.05) is 24.3 Å². The average Bonchev–Trinajstić information content (AvgIpc) is 2.44. The molecule has 0 amide bonds. The highest BCUT2D eigenvalue weighted by Crippen LogP contribution is 2.24. The first kappa shape index (κ1) is 13.3. The van der Waals surface area contributed by atoms with Gasteiger partial charge in [-0.2, -0.15) is 0 Å². The van der Waals surface area contributed by atoms with Crippen LogP contribution in [0.5, 0.6) is 0 Å². The molecule has 0 unspecified atom stereocenters. The molecule has 6 heteroatoms. The van der Waals surface area contributed by atoms with Crippen molar-refractivity contribution >= 4 is 26.4 Å². The summed E-state index contributed by atoms with van der Waals surface area (Å²) in [4.78, 5) is 6.56. The predicted octanol–water partition coefficient (Wildman–Crippen LogP) is 1.05. The van der Waals surface area contributed by atoms with Crippen LogP contribution in [0.1, 0.15) is 5.56 Å². The normalized spacial score (nSPS) is 19.2. The van der Waals surface area contributed by atoms with Gasteiger partial charge < -0.3 is 5.73 Å². The number of aromatic nitrogens is 1. The highest BCUT2D eigenvalue weighted by atomic mass is 32.2. The topological polar surface area (TPSA) is 76.3 Å². The van der Waals surface area contributed by atoms with E-state index in [0.717, 1.165) is 22.2 Å². The first-order valence-corrected chi connectivity index (χ1v) is 8.42. The van der Waals surface area contributed by atoms with E-state index in [2.05, 4.69) is 9.88 Å². The van der Waals surface area contributed by atoms with E-state index in [9.17, 15) is 8.42 Å². The smallest absolute Gasteiger partial charge is 0.152 e. The first-order chi connectivity index (χ1) is 9.55. The Hall–Kier alpha value is -1.66. The summed E-state index contributed by atoms with van der Waals surface area (Å²) in [5.41, 5.74) is 8.68. The Morgan fingerprint density at radius 2 is 1.95 bits per heavy atom. The van der Waals surface area contributed by atoms with Crippen LogP contribution >= 0.6 is 0 Å². The summed E-state index contributed by atoms with van der Waals surface area (Å²) in [7, 11) is -2.83. The number of anilines is 1. The monoisotopic (exact) mass is 291 g/mol. The molecule has 0 spiro atoms. The van der Waals surface area contributed by atoms with Crippen LogP contribution in [0.3, 0.4) is 0 Å². The van der Waals surface area contributed by atoms with Crippen LogP contribution in [0.2, 0.25) is 0 Å². The zero-order valence-corrected chi connectivity index (χ0v) is 11.9. The van der Waals surface area contributed by atoms with Gasteiger partial charge in [-0.25, -0.2) is 8.42 Å². The number of rotatable bonds is 2. The van der Waals surface area contributed by atoms with Gasteiger partial charge in [0.05, 0.1) is 17.0 Å². The zero-order chi connectivity index (χ0) is 14.2. The molecule has 2 heterocycles. The quantitative estimate of drug-likeness (QED) is 0.837. The lowest BCUT2D eigenvalue weighted by atomic mass is 10.1. The molecule has 2 aromatic rings. The summed E-state index contributed by atoms with van der Waals surface area (Å²) < 4.78 is 22.9. The van der Waals surface area contributed by atoms with Crippen molar-refractivity contribution in [3.63, 3.8) is 0 Å². The minimum absolute atomic E-state index is 0.243. The number of nitrogens with two attached hydrogens (primary N) is 1. The van der Waals surface area contributed by atoms with E-state index in [0.29, 0.717) is 19.6 Å². The van der Waals surface area contributed by atoms with Gasteiger partial charge in [-0.15, -0.1) is 0 Å². The second-order valence-electron chi connectivity index (χ2n) is 5.14. The molecule has 3 rings (SSSR count). The number of pyridine rings is 1. The third-order valence-corrected chi connectivity index (χ3v) is 5.33. The molecule has 1 aliphatic rings. The van der Waals surface area contributed by atoms with Crippen molar-refractivity contribution in [2.24, 2.45) is 0 Å². The molecule has 0 aliphatic carbocycles. The Morgan fingerprint density at radius 3 is 2.70 bits per heavy atom. The van der Waals surface area contributed by atoms with Gasteiger partial charge >= 0.3 is 0 Å². The van der Waals surface area contributed by atoms with Crippen molar-refractivity contribution in [3.05, 3.63) is 36.0 Å². The number of nitrogens with zero attached hydrogens (tertiary/aromatic N) is 2. The number of sulfone groups is 1. The maximum atomic E-state index is 11.5. The third kappa shape index (κ3) is 2.62. The fourth-order valence-electron chi connectivity index (χ4n) is 2.53. The molecule has 1 aromatic heterocycles. The SMILES string of the molecule is Nc1ccc(CN2CCS(=O)(=O)CC2)c2ncccc12. The number of hydrogen-bond donors (Lipinski definition) is 1. The van der Waals surface area contributed by atoms with Crippen molar-refractivity contribution in [2.45, 2.75) is 6.54 Å². The summed E-state index contributed by atoms with van der Waals surface area (Å²) in [6, 6.07) is 7.70. The fourth-order valence-corrected chi connectivity index (χ4v) is 3.81. The van der Waals surface area contributed by atoms with Crippen molar-refractivity contribution < 1.29 is 8.42 Å². The Bertz CT molecular complexity index is 729. The second-order valence-corrected chi connectivity index (χ2v) is 7.45. The summed E-state index contributed by atoms with van der Waals surface area (Å²) in [5, 5.41) is 0.953. The van der Waals surface area contributed by atoms with Gasteiger partial charge in [0.2, 0.25) is 0 Å². The van der Waals surface area contributed by atoms with Gasteiger partial charge in [0.1, 0.15) is 0 Å². The van der Waals surface area contributed by atoms with Crippen molar-refractivity contribution in [3.8, 4) is 0 Å². The van der Waals surface area contributed by atoms with Crippen LogP contribution in [0.25, 0.3) is 10.9 Å². The molecule has 0 atom stereocenters. The lowest BCUT2D eigenvalue weighted by Crippen LogP contribution is -2.39. The number of benzene rings is 1. The molecule has 5 nitrogen and oxygen atoms in total. The molecule has 1 aromatic carbocycles. The van der Waals surface area contributed by atoms with Gasteiger partial charge in [-0.1, -0.05) is 6.07 Å². The molecule has 1 fully saturated rings. The lowest BCUT2D eigenvalue weighted by molar-refractivity contribution is 0.288. The van der Waals surface area contributed by atoms with E-state index in [1.165, 1.54) is 0 Å². The molecule has 20 heavy (non-hydrogen) atoms. The van der Waals surface area contributed by atoms with Crippen LogP contribution in [0.15, 0.2) is 30.5 Å². The Balaban J connectivity index is 1.87. The predicted molar refractivity (Wildman–Crippen MR) is 80.1 cm³/mol. The third-order valence-electron chi connectivity index (χ3n) is 3.72.